The molecule has 0 saturated carbocycles. The smallest absolute Gasteiger partial charge is 0.251 e. The lowest BCUT2D eigenvalue weighted by Crippen LogP contribution is -2.37. The molecule has 0 spiro atoms. The van der Waals surface area contributed by atoms with Gasteiger partial charge in [0.25, 0.3) is 5.91 Å². The van der Waals surface area contributed by atoms with Crippen LogP contribution in [0.5, 0.6) is 0 Å². The molecule has 1 saturated heterocycles. The van der Waals surface area contributed by atoms with Crippen molar-refractivity contribution in [3.05, 3.63) is 65.2 Å². The number of hydrogen-bond acceptors (Lipinski definition) is 4. The van der Waals surface area contributed by atoms with Crippen molar-refractivity contribution in [2.75, 3.05) is 26.2 Å². The van der Waals surface area contributed by atoms with Crippen molar-refractivity contribution in [1.29, 1.82) is 0 Å². The minimum Gasteiger partial charge on any atom is -0.348 e. The zero-order valence-electron chi connectivity index (χ0n) is 19.4. The van der Waals surface area contributed by atoms with E-state index in [0.717, 1.165) is 38.0 Å². The average Bonchev–Trinajstić information content (AvgIpc) is 2.82. The van der Waals surface area contributed by atoms with Gasteiger partial charge in [0.05, 0.1) is 4.90 Å². The molecular formula is C25H35N3O3S. The number of hydrogen-bond donors (Lipinski definition) is 1. The number of piperidine rings is 1. The molecule has 3 rings (SSSR count). The Morgan fingerprint density at radius 2 is 1.59 bits per heavy atom. The van der Waals surface area contributed by atoms with Crippen molar-refractivity contribution in [1.82, 2.24) is 14.5 Å². The number of amides is 1. The van der Waals surface area contributed by atoms with Crippen LogP contribution in [-0.2, 0) is 23.1 Å². The van der Waals surface area contributed by atoms with Crippen LogP contribution in [0.1, 0.15) is 55.1 Å². The molecule has 0 bridgehead atoms. The fourth-order valence-electron chi connectivity index (χ4n) is 4.00. The standard InChI is InChI=1S/C25H35N3O3S/c1-4-27(5-2)19-23-9-7-6-8-22(23)18-26-25(29)21-10-12-24(13-11-21)32(30,31)28-16-14-20(3)15-17-28/h6-13,20H,4-5,14-19H2,1-3H3,(H,26,29). The van der Waals surface area contributed by atoms with Crippen molar-refractivity contribution in [3.63, 3.8) is 0 Å². The SMILES string of the molecule is CCN(CC)Cc1ccccc1CNC(=O)c1ccc(S(=O)(=O)N2CCC(C)CC2)cc1. The van der Waals surface area contributed by atoms with E-state index in [1.807, 2.05) is 18.2 Å². The first-order valence-corrected chi connectivity index (χ1v) is 13.0. The van der Waals surface area contributed by atoms with Crippen LogP contribution < -0.4 is 5.32 Å². The van der Waals surface area contributed by atoms with Crippen LogP contribution in [0.4, 0.5) is 0 Å². The number of nitrogens with one attached hydrogen (secondary N) is 1. The van der Waals surface area contributed by atoms with Crippen LogP contribution in [0.3, 0.4) is 0 Å². The Hall–Kier alpha value is -2.22. The summed E-state index contributed by atoms with van der Waals surface area (Å²) in [5.41, 5.74) is 2.75. The molecule has 0 atom stereocenters. The van der Waals surface area contributed by atoms with Gasteiger partial charge in [-0.15, -0.1) is 0 Å². The van der Waals surface area contributed by atoms with Crippen LogP contribution in [0.25, 0.3) is 0 Å². The van der Waals surface area contributed by atoms with Crippen molar-refractivity contribution >= 4 is 15.9 Å². The Labute approximate surface area is 192 Å². The Bertz CT molecular complexity index is 993. The molecule has 0 aromatic heterocycles. The van der Waals surface area contributed by atoms with Crippen LogP contribution >= 0.6 is 0 Å². The van der Waals surface area contributed by atoms with Crippen molar-refractivity contribution in [2.45, 2.75) is 51.6 Å². The summed E-state index contributed by atoms with van der Waals surface area (Å²) in [6.45, 7) is 10.8. The topological polar surface area (TPSA) is 69.7 Å². The van der Waals surface area contributed by atoms with Crippen LogP contribution in [0.15, 0.2) is 53.4 Å². The van der Waals surface area contributed by atoms with Crippen molar-refractivity contribution in [2.24, 2.45) is 5.92 Å². The molecule has 32 heavy (non-hydrogen) atoms. The maximum Gasteiger partial charge on any atom is 0.251 e. The second-order valence-electron chi connectivity index (χ2n) is 8.52. The molecule has 2 aromatic rings. The van der Waals surface area contributed by atoms with Gasteiger partial charge in [-0.1, -0.05) is 45.0 Å². The molecule has 7 heteroatoms. The highest BCUT2D eigenvalue weighted by atomic mass is 32.2. The molecule has 0 radical (unpaired) electrons. The summed E-state index contributed by atoms with van der Waals surface area (Å²) in [5.74, 6) is 0.350. The largest absolute Gasteiger partial charge is 0.348 e. The van der Waals surface area contributed by atoms with E-state index in [1.165, 1.54) is 17.7 Å². The maximum absolute atomic E-state index is 12.9. The van der Waals surface area contributed by atoms with E-state index in [4.69, 9.17) is 0 Å². The molecule has 1 aliphatic rings. The molecule has 6 nitrogen and oxygen atoms in total. The summed E-state index contributed by atoms with van der Waals surface area (Å²) < 4.78 is 27.3. The molecule has 0 unspecified atom stereocenters. The van der Waals surface area contributed by atoms with Gasteiger partial charge in [0.2, 0.25) is 10.0 Å². The minimum atomic E-state index is -3.51. The number of rotatable bonds is 9. The Kier molecular flexibility index (Phi) is 8.45. The first kappa shape index (κ1) is 24.4. The summed E-state index contributed by atoms with van der Waals surface area (Å²) in [7, 11) is -3.51. The van der Waals surface area contributed by atoms with E-state index in [0.29, 0.717) is 31.1 Å². The van der Waals surface area contributed by atoms with Gasteiger partial charge in [-0.05, 0) is 67.2 Å². The minimum absolute atomic E-state index is 0.210. The lowest BCUT2D eigenvalue weighted by atomic mass is 10.0. The molecule has 1 amide bonds. The first-order chi connectivity index (χ1) is 15.3. The van der Waals surface area contributed by atoms with E-state index >= 15 is 0 Å². The third kappa shape index (κ3) is 5.97. The molecular weight excluding hydrogens is 422 g/mol. The number of nitrogens with zero attached hydrogens (tertiary/aromatic N) is 2. The van der Waals surface area contributed by atoms with Gasteiger partial charge in [0.1, 0.15) is 0 Å². The zero-order chi connectivity index (χ0) is 23.1. The summed E-state index contributed by atoms with van der Waals surface area (Å²) >= 11 is 0. The van der Waals surface area contributed by atoms with Crippen molar-refractivity contribution in [3.8, 4) is 0 Å². The summed E-state index contributed by atoms with van der Waals surface area (Å²) in [4.78, 5) is 15.3. The molecule has 2 aromatic carbocycles. The third-order valence-corrected chi connectivity index (χ3v) is 8.26. The van der Waals surface area contributed by atoms with Gasteiger partial charge < -0.3 is 5.32 Å². The Morgan fingerprint density at radius 1 is 1.00 bits per heavy atom. The quantitative estimate of drug-likeness (QED) is 0.620. The summed E-state index contributed by atoms with van der Waals surface area (Å²) in [6, 6.07) is 14.4. The highest BCUT2D eigenvalue weighted by molar-refractivity contribution is 7.89. The number of benzene rings is 2. The maximum atomic E-state index is 12.9. The predicted octanol–water partition coefficient (Wildman–Crippen LogP) is 3.88. The van der Waals surface area contributed by atoms with Gasteiger partial charge >= 0.3 is 0 Å². The van der Waals surface area contributed by atoms with E-state index in [1.54, 1.807) is 16.4 Å². The van der Waals surface area contributed by atoms with E-state index < -0.39 is 10.0 Å². The lowest BCUT2D eigenvalue weighted by molar-refractivity contribution is 0.0950. The van der Waals surface area contributed by atoms with Crippen molar-refractivity contribution < 1.29 is 13.2 Å². The predicted molar refractivity (Wildman–Crippen MR) is 128 cm³/mol. The Morgan fingerprint density at radius 3 is 2.19 bits per heavy atom. The normalized spacial score (nSPS) is 15.8. The number of sulfonamides is 1. The lowest BCUT2D eigenvalue weighted by Gasteiger charge is -2.29. The van der Waals surface area contributed by atoms with Gasteiger partial charge in [-0.2, -0.15) is 4.31 Å². The third-order valence-electron chi connectivity index (χ3n) is 6.34. The second-order valence-corrected chi connectivity index (χ2v) is 10.5. The highest BCUT2D eigenvalue weighted by Gasteiger charge is 2.28. The number of carbonyl (C=O) groups excluding carboxylic acids is 1. The molecule has 174 valence electrons. The van der Waals surface area contributed by atoms with E-state index in [2.05, 4.69) is 37.1 Å². The zero-order valence-corrected chi connectivity index (χ0v) is 20.2. The van der Waals surface area contributed by atoms with E-state index in [9.17, 15) is 13.2 Å². The fraction of sp³-hybridized carbons (Fsp3) is 0.480. The van der Waals surface area contributed by atoms with Crippen LogP contribution in [-0.4, -0.2) is 49.7 Å². The monoisotopic (exact) mass is 457 g/mol. The van der Waals surface area contributed by atoms with E-state index in [-0.39, 0.29) is 10.8 Å². The molecule has 0 aliphatic carbocycles. The Balaban J connectivity index is 1.64. The summed E-state index contributed by atoms with van der Waals surface area (Å²) in [6.07, 6.45) is 1.77. The van der Waals surface area contributed by atoms with Crippen LogP contribution in [0.2, 0.25) is 0 Å². The fourth-order valence-corrected chi connectivity index (χ4v) is 5.47. The van der Waals surface area contributed by atoms with Gasteiger partial charge in [-0.3, -0.25) is 9.69 Å². The van der Waals surface area contributed by atoms with Gasteiger partial charge in [0, 0.05) is 31.7 Å². The van der Waals surface area contributed by atoms with Gasteiger partial charge in [0.15, 0.2) is 0 Å². The second kappa shape index (κ2) is 11.1. The highest BCUT2D eigenvalue weighted by Crippen LogP contribution is 2.23. The van der Waals surface area contributed by atoms with Crippen LogP contribution in [0, 0.1) is 5.92 Å². The molecule has 1 aliphatic heterocycles. The molecule has 1 N–H and O–H groups in total. The molecule has 1 heterocycles. The molecule has 1 fully saturated rings. The number of carbonyl (C=O) groups is 1. The average molecular weight is 458 g/mol. The van der Waals surface area contributed by atoms with Gasteiger partial charge in [-0.25, -0.2) is 8.42 Å². The summed E-state index contributed by atoms with van der Waals surface area (Å²) in [5, 5.41) is 2.97. The first-order valence-electron chi connectivity index (χ1n) is 11.5.